The number of hydrogen-bond acceptors (Lipinski definition) is 5. The molecule has 0 atom stereocenters. The van der Waals surface area contributed by atoms with Crippen LogP contribution in [-0.4, -0.2) is 23.2 Å². The molecule has 0 radical (unpaired) electrons. The van der Waals surface area contributed by atoms with Gasteiger partial charge in [0.05, 0.1) is 11.8 Å². The number of rotatable bonds is 3. The molecule has 1 heterocycles. The Morgan fingerprint density at radius 2 is 1.87 bits per heavy atom. The van der Waals surface area contributed by atoms with Crippen LogP contribution in [0.1, 0.15) is 31.3 Å². The molecule has 114 valence electrons. The molecule has 0 unspecified atom stereocenters. The van der Waals surface area contributed by atoms with Crippen molar-refractivity contribution < 1.29 is 23.9 Å². The zero-order chi connectivity index (χ0) is 16.4. The fraction of sp³-hybridized carbons (Fsp3) is 0. The molecular weight excluding hydrogens is 298 g/mol. The number of hydrogen-bond donors (Lipinski definition) is 2. The van der Waals surface area contributed by atoms with Crippen LogP contribution < -0.4 is 5.32 Å². The van der Waals surface area contributed by atoms with Crippen molar-refractivity contribution in [2.24, 2.45) is 0 Å². The van der Waals surface area contributed by atoms with E-state index in [0.717, 1.165) is 0 Å². The third-order valence-corrected chi connectivity index (χ3v) is 3.39. The molecule has 6 heteroatoms. The number of carbonyl (C=O) groups excluding carboxylic acids is 3. The number of aldehydes is 1. The van der Waals surface area contributed by atoms with Crippen molar-refractivity contribution in [2.45, 2.75) is 0 Å². The van der Waals surface area contributed by atoms with Crippen LogP contribution >= 0.6 is 0 Å². The van der Waals surface area contributed by atoms with Gasteiger partial charge in [0, 0.05) is 5.56 Å². The molecule has 0 fully saturated rings. The molecule has 0 saturated carbocycles. The van der Waals surface area contributed by atoms with E-state index in [4.69, 9.17) is 4.42 Å². The van der Waals surface area contributed by atoms with Crippen LogP contribution in [0.4, 0.5) is 0 Å². The third-order valence-electron chi connectivity index (χ3n) is 3.39. The molecule has 0 aliphatic heterocycles. The molecule has 0 saturated heterocycles. The standard InChI is InChI=1S/C17H11NO5/c19-9-12-11-5-2-1-4-10(11)8-13(20)15(12)17(22)18-16(21)14-6-3-7-23-14/h1-9,20H,(H,18,21,22). The van der Waals surface area contributed by atoms with Gasteiger partial charge in [0.25, 0.3) is 11.8 Å². The van der Waals surface area contributed by atoms with Crippen molar-refractivity contribution in [3.8, 4) is 5.75 Å². The van der Waals surface area contributed by atoms with Crippen LogP contribution in [0.5, 0.6) is 5.75 Å². The molecule has 0 bridgehead atoms. The second kappa shape index (κ2) is 5.76. The number of amides is 2. The maximum atomic E-state index is 12.3. The molecule has 0 aliphatic carbocycles. The van der Waals surface area contributed by atoms with Crippen molar-refractivity contribution in [1.29, 1.82) is 0 Å². The molecule has 2 N–H and O–H groups in total. The van der Waals surface area contributed by atoms with E-state index < -0.39 is 11.8 Å². The highest BCUT2D eigenvalue weighted by Gasteiger charge is 2.22. The second-order valence-electron chi connectivity index (χ2n) is 4.78. The van der Waals surface area contributed by atoms with Crippen molar-refractivity contribution in [3.05, 3.63) is 65.6 Å². The molecule has 3 aromatic rings. The first-order valence-electron chi connectivity index (χ1n) is 6.71. The van der Waals surface area contributed by atoms with Crippen molar-refractivity contribution in [3.63, 3.8) is 0 Å². The molecule has 6 nitrogen and oxygen atoms in total. The van der Waals surface area contributed by atoms with E-state index in [0.29, 0.717) is 17.1 Å². The van der Waals surface area contributed by atoms with E-state index in [1.165, 1.54) is 24.5 Å². The zero-order valence-corrected chi connectivity index (χ0v) is 11.8. The van der Waals surface area contributed by atoms with E-state index in [1.807, 2.05) is 0 Å². The number of furan rings is 1. The predicted molar refractivity (Wildman–Crippen MR) is 81.5 cm³/mol. The molecule has 23 heavy (non-hydrogen) atoms. The summed E-state index contributed by atoms with van der Waals surface area (Å²) in [6.45, 7) is 0. The van der Waals surface area contributed by atoms with Gasteiger partial charge in [-0.25, -0.2) is 0 Å². The van der Waals surface area contributed by atoms with Crippen LogP contribution in [0, 0.1) is 0 Å². The quantitative estimate of drug-likeness (QED) is 0.572. The van der Waals surface area contributed by atoms with Crippen molar-refractivity contribution >= 4 is 28.9 Å². The Hall–Kier alpha value is -3.41. The molecule has 2 amide bonds. The Balaban J connectivity index is 2.05. The average Bonchev–Trinajstić information content (AvgIpc) is 3.07. The summed E-state index contributed by atoms with van der Waals surface area (Å²) in [5.74, 6) is -2.07. The summed E-state index contributed by atoms with van der Waals surface area (Å²) in [5, 5.41) is 13.3. The Bertz CT molecular complexity index is 912. The van der Waals surface area contributed by atoms with E-state index in [-0.39, 0.29) is 22.6 Å². The smallest absolute Gasteiger partial charge is 0.293 e. The van der Waals surface area contributed by atoms with Crippen molar-refractivity contribution in [1.82, 2.24) is 5.32 Å². The third kappa shape index (κ3) is 2.57. The number of phenolic OH excluding ortho intramolecular Hbond substituents is 1. The van der Waals surface area contributed by atoms with Gasteiger partial charge in [-0.05, 0) is 29.0 Å². The SMILES string of the molecule is O=Cc1c(C(=O)NC(=O)c2ccco2)c(O)cc2ccccc12. The number of benzene rings is 2. The molecule has 1 aromatic heterocycles. The number of fused-ring (bicyclic) bond motifs is 1. The highest BCUT2D eigenvalue weighted by Crippen LogP contribution is 2.29. The van der Waals surface area contributed by atoms with Crippen LogP contribution in [0.3, 0.4) is 0 Å². The van der Waals surface area contributed by atoms with Gasteiger partial charge in [-0.3, -0.25) is 19.7 Å². The maximum Gasteiger partial charge on any atom is 0.293 e. The monoisotopic (exact) mass is 309 g/mol. The summed E-state index contributed by atoms with van der Waals surface area (Å²) in [6.07, 6.45) is 1.78. The fourth-order valence-corrected chi connectivity index (χ4v) is 2.36. The summed E-state index contributed by atoms with van der Waals surface area (Å²) < 4.78 is 4.89. The number of phenols is 1. The highest BCUT2D eigenvalue weighted by molar-refractivity contribution is 6.17. The van der Waals surface area contributed by atoms with Crippen molar-refractivity contribution in [2.75, 3.05) is 0 Å². The van der Waals surface area contributed by atoms with Gasteiger partial charge >= 0.3 is 0 Å². The zero-order valence-electron chi connectivity index (χ0n) is 11.8. The Morgan fingerprint density at radius 3 is 2.57 bits per heavy atom. The largest absolute Gasteiger partial charge is 0.507 e. The Morgan fingerprint density at radius 1 is 1.09 bits per heavy atom. The lowest BCUT2D eigenvalue weighted by Gasteiger charge is -2.10. The molecular formula is C17H11NO5. The number of nitrogens with one attached hydrogen (secondary N) is 1. The van der Waals surface area contributed by atoms with E-state index >= 15 is 0 Å². The first-order valence-corrected chi connectivity index (χ1v) is 6.71. The van der Waals surface area contributed by atoms with Gasteiger partial charge in [0.1, 0.15) is 5.75 Å². The summed E-state index contributed by atoms with van der Waals surface area (Å²) in [7, 11) is 0. The van der Waals surface area contributed by atoms with Gasteiger partial charge < -0.3 is 9.52 Å². The topological polar surface area (TPSA) is 96.6 Å². The minimum Gasteiger partial charge on any atom is -0.507 e. The highest BCUT2D eigenvalue weighted by atomic mass is 16.3. The lowest BCUT2D eigenvalue weighted by atomic mass is 9.98. The van der Waals surface area contributed by atoms with Gasteiger partial charge in [-0.2, -0.15) is 0 Å². The summed E-state index contributed by atoms with van der Waals surface area (Å²) in [5.41, 5.74) is -0.232. The fourth-order valence-electron chi connectivity index (χ4n) is 2.36. The second-order valence-corrected chi connectivity index (χ2v) is 4.78. The maximum absolute atomic E-state index is 12.3. The van der Waals surface area contributed by atoms with Crippen LogP contribution in [0.15, 0.2) is 53.1 Å². The predicted octanol–water partition coefficient (Wildman–Crippen LogP) is 2.52. The first kappa shape index (κ1) is 14.5. The number of aromatic hydroxyl groups is 1. The molecule has 0 aliphatic rings. The Kier molecular flexibility index (Phi) is 3.64. The minimum atomic E-state index is -0.878. The summed E-state index contributed by atoms with van der Waals surface area (Å²) in [6, 6.07) is 11.1. The van der Waals surface area contributed by atoms with Crippen LogP contribution in [-0.2, 0) is 0 Å². The molecule has 0 spiro atoms. The number of carbonyl (C=O) groups is 3. The van der Waals surface area contributed by atoms with Crippen LogP contribution in [0.2, 0.25) is 0 Å². The average molecular weight is 309 g/mol. The van der Waals surface area contributed by atoms with Gasteiger partial charge in [-0.15, -0.1) is 0 Å². The summed E-state index contributed by atoms with van der Waals surface area (Å²) >= 11 is 0. The van der Waals surface area contributed by atoms with E-state index in [1.54, 1.807) is 24.3 Å². The lowest BCUT2D eigenvalue weighted by Crippen LogP contribution is -2.31. The molecule has 2 aromatic carbocycles. The number of imide groups is 1. The van der Waals surface area contributed by atoms with E-state index in [2.05, 4.69) is 5.32 Å². The normalized spacial score (nSPS) is 10.4. The first-order chi connectivity index (χ1) is 11.1. The van der Waals surface area contributed by atoms with Gasteiger partial charge in [-0.1, -0.05) is 24.3 Å². The minimum absolute atomic E-state index is 0.0188. The van der Waals surface area contributed by atoms with Gasteiger partial charge in [0.15, 0.2) is 12.0 Å². The van der Waals surface area contributed by atoms with E-state index in [9.17, 15) is 19.5 Å². The molecule has 3 rings (SSSR count). The van der Waals surface area contributed by atoms with Gasteiger partial charge in [0.2, 0.25) is 0 Å². The summed E-state index contributed by atoms with van der Waals surface area (Å²) in [4.78, 5) is 35.6. The lowest BCUT2D eigenvalue weighted by molar-refractivity contribution is 0.0829. The van der Waals surface area contributed by atoms with Crippen LogP contribution in [0.25, 0.3) is 10.8 Å². The Labute approximate surface area is 130 Å².